The highest BCUT2D eigenvalue weighted by atomic mass is 32.2. The summed E-state index contributed by atoms with van der Waals surface area (Å²) in [6.07, 6.45) is 0. The summed E-state index contributed by atoms with van der Waals surface area (Å²) in [5.41, 5.74) is -7.15. The average Bonchev–Trinajstić information content (AvgIpc) is 3.22. The van der Waals surface area contributed by atoms with Crippen molar-refractivity contribution in [2.24, 2.45) is 0 Å². The number of H-pyrrole nitrogens is 1. The first-order chi connectivity index (χ1) is 14.9. The topological polar surface area (TPSA) is 167 Å². The van der Waals surface area contributed by atoms with E-state index in [0.29, 0.717) is 5.57 Å². The van der Waals surface area contributed by atoms with Crippen LogP contribution in [0.1, 0.15) is 6.92 Å². The number of halogens is 3. The molecular formula is C14H15F3N6O6S3. The van der Waals surface area contributed by atoms with Gasteiger partial charge >= 0.3 is 11.5 Å². The fraction of sp³-hybridized carbons (Fsp3) is 0.571. The molecule has 1 fully saturated rings. The second-order valence-corrected chi connectivity index (χ2v) is 10.2. The third-order valence-corrected chi connectivity index (χ3v) is 7.93. The molecule has 176 valence electrons. The van der Waals surface area contributed by atoms with Crippen molar-refractivity contribution in [2.45, 2.75) is 33.9 Å². The molecule has 4 atom stereocenters. The van der Waals surface area contributed by atoms with Gasteiger partial charge in [0.2, 0.25) is 11.1 Å². The maximum Gasteiger partial charge on any atom is 0.471 e. The number of carbonyl (C=O) groups is 3. The molecule has 0 aromatic carbocycles. The number of rotatable bonds is 8. The SMILES string of the molecule is CO[C@@]1(NC(=O)CS(=O)C(F)(F)F)C(=O)N2C(C(=O)O)=C(C(C)Sc3nn[nH]n3)CS[C@H]21. The molecule has 3 rings (SSSR count). The molecule has 18 heteroatoms. The molecule has 3 N–H and O–H groups in total. The van der Waals surface area contributed by atoms with E-state index >= 15 is 0 Å². The van der Waals surface area contributed by atoms with Gasteiger partial charge in [-0.05, 0) is 17.7 Å². The van der Waals surface area contributed by atoms with Crippen molar-refractivity contribution in [3.05, 3.63) is 11.3 Å². The minimum absolute atomic E-state index is 0.109. The predicted octanol–water partition coefficient (Wildman–Crippen LogP) is -0.338. The largest absolute Gasteiger partial charge is 0.477 e. The monoisotopic (exact) mass is 516 g/mol. The molecule has 1 aromatic heterocycles. The number of carbonyl (C=O) groups excluding carboxylic acids is 2. The van der Waals surface area contributed by atoms with Crippen molar-refractivity contribution in [2.75, 3.05) is 18.6 Å². The molecule has 1 saturated heterocycles. The Morgan fingerprint density at radius 1 is 1.53 bits per heavy atom. The number of carboxylic acids is 1. The molecule has 1 aromatic rings. The lowest BCUT2D eigenvalue weighted by atomic mass is 9.97. The third kappa shape index (κ3) is 4.35. The summed E-state index contributed by atoms with van der Waals surface area (Å²) in [5.74, 6) is -5.03. The number of carboxylic acid groups (broad SMARTS) is 1. The molecule has 32 heavy (non-hydrogen) atoms. The highest BCUT2D eigenvalue weighted by Crippen LogP contribution is 2.48. The Morgan fingerprint density at radius 3 is 2.75 bits per heavy atom. The van der Waals surface area contributed by atoms with Crippen molar-refractivity contribution in [3.8, 4) is 0 Å². The van der Waals surface area contributed by atoms with Gasteiger partial charge in [-0.3, -0.25) is 14.5 Å². The molecule has 3 heterocycles. The number of methoxy groups -OCH3 is 1. The van der Waals surface area contributed by atoms with E-state index in [9.17, 15) is 36.9 Å². The van der Waals surface area contributed by atoms with Crippen LogP contribution in [-0.2, 0) is 29.9 Å². The zero-order chi connectivity index (χ0) is 23.8. The zero-order valence-corrected chi connectivity index (χ0v) is 18.7. The summed E-state index contributed by atoms with van der Waals surface area (Å²) in [6, 6.07) is 0. The van der Waals surface area contributed by atoms with Crippen LogP contribution in [0.2, 0.25) is 0 Å². The summed E-state index contributed by atoms with van der Waals surface area (Å²) < 4.78 is 53.8. The Kier molecular flexibility index (Phi) is 6.87. The number of thioether (sulfide) groups is 2. The summed E-state index contributed by atoms with van der Waals surface area (Å²) in [7, 11) is -2.42. The van der Waals surface area contributed by atoms with Crippen LogP contribution in [0.15, 0.2) is 16.4 Å². The van der Waals surface area contributed by atoms with Gasteiger partial charge in [0, 0.05) is 18.1 Å². The van der Waals surface area contributed by atoms with E-state index in [2.05, 4.69) is 25.9 Å². The van der Waals surface area contributed by atoms with Gasteiger partial charge in [0.1, 0.15) is 27.6 Å². The van der Waals surface area contributed by atoms with Gasteiger partial charge in [-0.1, -0.05) is 11.8 Å². The molecule has 2 unspecified atom stereocenters. The Balaban J connectivity index is 1.83. The number of ether oxygens (including phenoxy) is 1. The number of aliphatic carboxylic acids is 1. The minimum Gasteiger partial charge on any atom is -0.477 e. The van der Waals surface area contributed by atoms with Crippen LogP contribution >= 0.6 is 23.5 Å². The highest BCUT2D eigenvalue weighted by Gasteiger charge is 2.67. The Labute approximate surface area is 188 Å². The molecule has 2 aliphatic heterocycles. The summed E-state index contributed by atoms with van der Waals surface area (Å²) in [4.78, 5) is 37.8. The van der Waals surface area contributed by atoms with Crippen molar-refractivity contribution in [1.82, 2.24) is 30.8 Å². The van der Waals surface area contributed by atoms with E-state index in [1.165, 1.54) is 0 Å². The van der Waals surface area contributed by atoms with Gasteiger partial charge < -0.3 is 15.2 Å². The van der Waals surface area contributed by atoms with Crippen molar-refractivity contribution < 1.29 is 41.6 Å². The van der Waals surface area contributed by atoms with Gasteiger partial charge in [-0.15, -0.1) is 22.0 Å². The van der Waals surface area contributed by atoms with Gasteiger partial charge in [0.25, 0.3) is 11.6 Å². The maximum absolute atomic E-state index is 12.9. The van der Waals surface area contributed by atoms with Crippen molar-refractivity contribution in [1.29, 1.82) is 0 Å². The maximum atomic E-state index is 12.9. The number of β-lactam (4-membered cyclic amide) rings is 1. The number of hydrogen-bond donors (Lipinski definition) is 3. The predicted molar refractivity (Wildman–Crippen MR) is 104 cm³/mol. The van der Waals surface area contributed by atoms with E-state index in [-0.39, 0.29) is 16.6 Å². The minimum atomic E-state index is -5.10. The fourth-order valence-corrected chi connectivity index (χ4v) is 6.07. The van der Waals surface area contributed by atoms with Crippen LogP contribution in [0.3, 0.4) is 0 Å². The fourth-order valence-electron chi connectivity index (χ4n) is 3.09. The number of hydrogen-bond acceptors (Lipinski definition) is 10. The van der Waals surface area contributed by atoms with Crippen molar-refractivity contribution in [3.63, 3.8) is 0 Å². The average molecular weight is 517 g/mol. The summed E-state index contributed by atoms with van der Waals surface area (Å²) >= 11 is 2.16. The molecule has 0 spiro atoms. The standard InChI is InChI=1S/C14H15F3N6O6S3/c1-5(31-12-19-21-22-20-12)6-3-30-11-13(29-2,10(27)23(11)8(6)9(25)26)18-7(24)4-32(28)14(15,16)17/h5,11H,3-4H2,1-2H3,(H,18,24)(H,25,26)(H,19,20,21,22)/t5?,11-,13-,32?/m0/s1. The van der Waals surface area contributed by atoms with Crippen LogP contribution in [-0.4, -0.2) is 93.1 Å². The first-order valence-electron chi connectivity index (χ1n) is 8.55. The lowest BCUT2D eigenvalue weighted by molar-refractivity contribution is -0.192. The first-order valence-corrected chi connectivity index (χ1v) is 11.8. The number of amides is 2. The molecule has 0 aliphatic carbocycles. The van der Waals surface area contributed by atoms with E-state index < -0.39 is 56.2 Å². The third-order valence-electron chi connectivity index (χ3n) is 4.53. The van der Waals surface area contributed by atoms with Crippen LogP contribution in [0.5, 0.6) is 0 Å². The number of nitrogens with one attached hydrogen (secondary N) is 2. The number of tetrazole rings is 1. The zero-order valence-electron chi connectivity index (χ0n) is 16.2. The molecular weight excluding hydrogens is 501 g/mol. The van der Waals surface area contributed by atoms with E-state index in [1.54, 1.807) is 6.92 Å². The van der Waals surface area contributed by atoms with E-state index in [1.807, 2.05) is 0 Å². The first kappa shape index (κ1) is 24.5. The molecule has 0 radical (unpaired) electrons. The van der Waals surface area contributed by atoms with Crippen LogP contribution in [0.4, 0.5) is 13.2 Å². The molecule has 2 aliphatic rings. The summed E-state index contributed by atoms with van der Waals surface area (Å²) in [6.45, 7) is 1.68. The highest BCUT2D eigenvalue weighted by molar-refractivity contribution is 8.01. The second-order valence-electron chi connectivity index (χ2n) is 6.40. The smallest absolute Gasteiger partial charge is 0.471 e. The summed E-state index contributed by atoms with van der Waals surface area (Å²) in [5, 5.41) is 23.8. The lowest BCUT2D eigenvalue weighted by Crippen LogP contribution is -2.81. The molecule has 2 amide bonds. The Bertz CT molecular complexity index is 989. The van der Waals surface area contributed by atoms with Crippen LogP contribution < -0.4 is 5.32 Å². The Morgan fingerprint density at radius 2 is 2.22 bits per heavy atom. The van der Waals surface area contributed by atoms with Crippen LogP contribution in [0.25, 0.3) is 0 Å². The molecule has 0 bridgehead atoms. The quantitative estimate of drug-likeness (QED) is 0.235. The van der Waals surface area contributed by atoms with Gasteiger partial charge in [-0.2, -0.15) is 18.4 Å². The molecule has 0 saturated carbocycles. The van der Waals surface area contributed by atoms with Crippen molar-refractivity contribution >= 4 is 52.1 Å². The van der Waals surface area contributed by atoms with E-state index in [0.717, 1.165) is 35.5 Å². The number of aromatic nitrogens is 4. The van der Waals surface area contributed by atoms with Gasteiger partial charge in [0.15, 0.2) is 0 Å². The van der Waals surface area contributed by atoms with Gasteiger partial charge in [0.05, 0.1) is 0 Å². The lowest BCUT2D eigenvalue weighted by Gasteiger charge is -2.56. The molecule has 12 nitrogen and oxygen atoms in total. The van der Waals surface area contributed by atoms with E-state index in [4.69, 9.17) is 4.74 Å². The number of fused-ring (bicyclic) bond motifs is 1. The second kappa shape index (κ2) is 8.99. The van der Waals surface area contributed by atoms with Crippen LogP contribution in [0, 0.1) is 0 Å². The number of nitrogens with zero attached hydrogens (tertiary/aromatic N) is 4. The Hall–Kier alpha value is -2.18. The van der Waals surface area contributed by atoms with Gasteiger partial charge in [-0.25, -0.2) is 9.00 Å². The number of aromatic amines is 1. The number of alkyl halides is 3. The normalized spacial score (nSPS) is 25.1.